The zero-order valence-electron chi connectivity index (χ0n) is 12.7. The number of furan rings is 1. The molecule has 0 aliphatic carbocycles. The number of fused-ring (bicyclic) bond motifs is 4. The molecule has 5 rings (SSSR count). The van der Waals surface area contributed by atoms with Crippen molar-refractivity contribution in [3.05, 3.63) is 30.0 Å². The number of carbonyl (C=O) groups excluding carboxylic acids is 1. The Labute approximate surface area is 136 Å². The maximum Gasteiger partial charge on any atom is 0.287 e. The first-order valence-electron chi connectivity index (χ1n) is 7.84. The van der Waals surface area contributed by atoms with Gasteiger partial charge in [0.25, 0.3) is 5.91 Å². The van der Waals surface area contributed by atoms with Gasteiger partial charge in [-0.3, -0.25) is 4.79 Å². The number of hydrogen-bond acceptors (Lipinski definition) is 4. The van der Waals surface area contributed by atoms with Gasteiger partial charge in [0, 0.05) is 18.0 Å². The van der Waals surface area contributed by atoms with Crippen LogP contribution in [0, 0.1) is 5.92 Å². The van der Waals surface area contributed by atoms with E-state index in [1.807, 2.05) is 18.2 Å². The predicted octanol–water partition coefficient (Wildman–Crippen LogP) is 2.90. The highest BCUT2D eigenvalue weighted by Crippen LogP contribution is 2.30. The number of nitrogens with zero attached hydrogens (tertiary/aromatic N) is 1. The van der Waals surface area contributed by atoms with Crippen molar-refractivity contribution in [2.24, 2.45) is 5.92 Å². The lowest BCUT2D eigenvalue weighted by molar-refractivity contribution is 0.0607. The van der Waals surface area contributed by atoms with Gasteiger partial charge in [-0.2, -0.15) is 0 Å². The molecule has 0 spiro atoms. The largest absolute Gasteiger partial charge is 0.493 e. The third kappa shape index (κ3) is 2.81. The molecule has 1 N–H and O–H groups in total. The Morgan fingerprint density at radius 1 is 1.35 bits per heavy atom. The minimum absolute atomic E-state index is 0. The van der Waals surface area contributed by atoms with E-state index in [1.165, 1.54) is 25.9 Å². The summed E-state index contributed by atoms with van der Waals surface area (Å²) in [6.07, 6.45) is 2.36. The number of benzene rings is 1. The molecule has 4 heterocycles. The van der Waals surface area contributed by atoms with Crippen molar-refractivity contribution in [2.45, 2.75) is 26.3 Å². The molecule has 5 nitrogen and oxygen atoms in total. The van der Waals surface area contributed by atoms with E-state index in [0.717, 1.165) is 11.9 Å². The quantitative estimate of drug-likeness (QED) is 0.946. The van der Waals surface area contributed by atoms with Gasteiger partial charge >= 0.3 is 0 Å². The molecular formula is C18H24N2O3. The van der Waals surface area contributed by atoms with Crippen LogP contribution in [0.5, 0.6) is 5.75 Å². The van der Waals surface area contributed by atoms with Crippen molar-refractivity contribution in [2.75, 3.05) is 26.7 Å². The number of hydrogen-bond donors (Lipinski definition) is 1. The van der Waals surface area contributed by atoms with Crippen molar-refractivity contribution in [3.8, 4) is 5.75 Å². The molecule has 0 radical (unpaired) electrons. The monoisotopic (exact) mass is 316 g/mol. The second kappa shape index (κ2) is 6.24. The standard InChI is InChI=1S/C17H20N2O3.CH4/c1-21-14-4-2-3-12-9-15(22-16(12)14)17(20)18-13-10-19-7-5-11(13)6-8-19;/h2-4,9,11,13H,5-8,10H2,1H3,(H,18,20);1H4/t13-;/m0./s1. The summed E-state index contributed by atoms with van der Waals surface area (Å²) < 4.78 is 11.0. The van der Waals surface area contributed by atoms with Crippen LogP contribution in [0.4, 0.5) is 0 Å². The molecule has 5 heteroatoms. The van der Waals surface area contributed by atoms with E-state index in [1.54, 1.807) is 13.2 Å². The van der Waals surface area contributed by atoms with Crippen molar-refractivity contribution in [3.63, 3.8) is 0 Å². The Balaban J connectivity index is 0.00000156. The van der Waals surface area contributed by atoms with Gasteiger partial charge in [-0.05, 0) is 44.0 Å². The number of carbonyl (C=O) groups is 1. The Morgan fingerprint density at radius 3 is 2.78 bits per heavy atom. The topological polar surface area (TPSA) is 54.7 Å². The highest BCUT2D eigenvalue weighted by molar-refractivity contribution is 5.97. The second-order valence-electron chi connectivity index (χ2n) is 6.21. The SMILES string of the molecule is C.COc1cccc2cc(C(=O)N[C@H]3CN4CCC3CC4)oc12. The first-order chi connectivity index (χ1) is 10.7. The van der Waals surface area contributed by atoms with E-state index in [4.69, 9.17) is 9.15 Å². The van der Waals surface area contributed by atoms with E-state index in [9.17, 15) is 4.79 Å². The van der Waals surface area contributed by atoms with Crippen LogP contribution in [-0.4, -0.2) is 43.6 Å². The summed E-state index contributed by atoms with van der Waals surface area (Å²) in [6, 6.07) is 7.68. The molecule has 0 saturated carbocycles. The van der Waals surface area contributed by atoms with Gasteiger partial charge in [0.15, 0.2) is 17.1 Å². The second-order valence-corrected chi connectivity index (χ2v) is 6.21. The molecule has 23 heavy (non-hydrogen) atoms. The normalized spacial score (nSPS) is 25.9. The molecule has 1 aromatic carbocycles. The van der Waals surface area contributed by atoms with E-state index in [-0.39, 0.29) is 19.4 Å². The lowest BCUT2D eigenvalue weighted by atomic mass is 9.84. The number of nitrogens with one attached hydrogen (secondary N) is 1. The third-order valence-corrected chi connectivity index (χ3v) is 4.92. The Morgan fingerprint density at radius 2 is 2.13 bits per heavy atom. The van der Waals surface area contributed by atoms with Gasteiger partial charge in [0.05, 0.1) is 7.11 Å². The van der Waals surface area contributed by atoms with E-state index >= 15 is 0 Å². The lowest BCUT2D eigenvalue weighted by Gasteiger charge is -2.44. The number of piperidine rings is 3. The van der Waals surface area contributed by atoms with Crippen molar-refractivity contribution in [1.29, 1.82) is 0 Å². The van der Waals surface area contributed by atoms with Gasteiger partial charge in [0.1, 0.15) is 0 Å². The maximum absolute atomic E-state index is 12.5. The molecule has 3 saturated heterocycles. The van der Waals surface area contributed by atoms with Crippen LogP contribution in [0.25, 0.3) is 11.0 Å². The van der Waals surface area contributed by atoms with Gasteiger partial charge in [-0.15, -0.1) is 0 Å². The fourth-order valence-corrected chi connectivity index (χ4v) is 3.68. The van der Waals surface area contributed by atoms with Crippen molar-refractivity contribution < 1.29 is 13.9 Å². The average Bonchev–Trinajstić information content (AvgIpc) is 3.00. The molecule has 1 aromatic heterocycles. The van der Waals surface area contributed by atoms with Crippen LogP contribution >= 0.6 is 0 Å². The Hall–Kier alpha value is -2.01. The molecule has 3 fully saturated rings. The number of methoxy groups -OCH3 is 1. The summed E-state index contributed by atoms with van der Waals surface area (Å²) in [5.74, 6) is 1.49. The molecule has 0 unspecified atom stereocenters. The van der Waals surface area contributed by atoms with Gasteiger partial charge < -0.3 is 19.4 Å². The smallest absolute Gasteiger partial charge is 0.287 e. The number of ether oxygens (including phenoxy) is 1. The summed E-state index contributed by atoms with van der Waals surface area (Å²) in [6.45, 7) is 3.29. The molecule has 124 valence electrons. The average molecular weight is 316 g/mol. The number of amides is 1. The van der Waals surface area contributed by atoms with Gasteiger partial charge in [0.2, 0.25) is 0 Å². The number of para-hydroxylation sites is 1. The molecule has 3 aliphatic rings. The molecule has 2 aromatic rings. The summed E-state index contributed by atoms with van der Waals surface area (Å²) >= 11 is 0. The first kappa shape index (κ1) is 15.9. The molecule has 2 bridgehead atoms. The summed E-state index contributed by atoms with van der Waals surface area (Å²) in [7, 11) is 1.60. The minimum atomic E-state index is -0.128. The van der Waals surface area contributed by atoms with Crippen LogP contribution in [0.15, 0.2) is 28.7 Å². The Bertz CT molecular complexity index is 701. The molecule has 3 aliphatic heterocycles. The zero-order valence-corrected chi connectivity index (χ0v) is 12.7. The molecule has 1 amide bonds. The highest BCUT2D eigenvalue weighted by atomic mass is 16.5. The summed E-state index contributed by atoms with van der Waals surface area (Å²) in [4.78, 5) is 14.9. The van der Waals surface area contributed by atoms with E-state index in [0.29, 0.717) is 23.0 Å². The first-order valence-corrected chi connectivity index (χ1v) is 7.84. The van der Waals surface area contributed by atoms with Crippen LogP contribution in [0.3, 0.4) is 0 Å². The molecular weight excluding hydrogens is 292 g/mol. The lowest BCUT2D eigenvalue weighted by Crippen LogP contribution is -2.57. The molecule has 1 atom stereocenters. The predicted molar refractivity (Wildman–Crippen MR) is 89.9 cm³/mol. The van der Waals surface area contributed by atoms with E-state index in [2.05, 4.69) is 10.2 Å². The maximum atomic E-state index is 12.5. The van der Waals surface area contributed by atoms with Crippen LogP contribution in [-0.2, 0) is 0 Å². The fourth-order valence-electron chi connectivity index (χ4n) is 3.68. The van der Waals surface area contributed by atoms with Crippen LogP contribution < -0.4 is 10.1 Å². The van der Waals surface area contributed by atoms with E-state index < -0.39 is 0 Å². The van der Waals surface area contributed by atoms with Gasteiger partial charge in [-0.1, -0.05) is 19.6 Å². The van der Waals surface area contributed by atoms with Gasteiger partial charge in [-0.25, -0.2) is 0 Å². The number of rotatable bonds is 3. The fraction of sp³-hybridized carbons (Fsp3) is 0.500. The minimum Gasteiger partial charge on any atom is -0.493 e. The Kier molecular flexibility index (Phi) is 4.31. The van der Waals surface area contributed by atoms with Crippen LogP contribution in [0.2, 0.25) is 0 Å². The summed E-state index contributed by atoms with van der Waals surface area (Å²) in [5, 5.41) is 4.04. The summed E-state index contributed by atoms with van der Waals surface area (Å²) in [5.41, 5.74) is 0.629. The van der Waals surface area contributed by atoms with Crippen molar-refractivity contribution >= 4 is 16.9 Å². The third-order valence-electron chi connectivity index (χ3n) is 4.92. The van der Waals surface area contributed by atoms with Crippen LogP contribution in [0.1, 0.15) is 30.8 Å². The zero-order chi connectivity index (χ0) is 15.1. The highest BCUT2D eigenvalue weighted by Gasteiger charge is 2.35. The van der Waals surface area contributed by atoms with Crippen molar-refractivity contribution in [1.82, 2.24) is 10.2 Å².